The summed E-state index contributed by atoms with van der Waals surface area (Å²) in [6.07, 6.45) is 2.96. The number of thioether (sulfide) groups is 1. The van der Waals surface area contributed by atoms with Gasteiger partial charge >= 0.3 is 0 Å². The fraction of sp³-hybridized carbons (Fsp3) is 0.333. The maximum atomic E-state index is 4.57. The molecule has 0 aliphatic carbocycles. The van der Waals surface area contributed by atoms with E-state index in [1.807, 2.05) is 12.3 Å². The minimum atomic E-state index is 0.725. The summed E-state index contributed by atoms with van der Waals surface area (Å²) in [4.78, 5) is 8.86. The predicted molar refractivity (Wildman–Crippen MR) is 81.6 cm³/mol. The van der Waals surface area contributed by atoms with Crippen LogP contribution in [0.15, 0.2) is 41.6 Å². The highest BCUT2D eigenvalue weighted by Gasteiger charge is 2.04. The highest BCUT2D eigenvalue weighted by Crippen LogP contribution is 2.24. The Morgan fingerprint density at radius 3 is 2.74 bits per heavy atom. The van der Waals surface area contributed by atoms with E-state index >= 15 is 0 Å². The second kappa shape index (κ2) is 7.14. The summed E-state index contributed by atoms with van der Waals surface area (Å²) in [6, 6.07) is 10.4. The monoisotopic (exact) mass is 273 g/mol. The number of nitrogens with one attached hydrogen (secondary N) is 1. The number of anilines is 1. The van der Waals surface area contributed by atoms with Gasteiger partial charge in [0.15, 0.2) is 0 Å². The van der Waals surface area contributed by atoms with Crippen molar-refractivity contribution in [3.63, 3.8) is 0 Å². The summed E-state index contributed by atoms with van der Waals surface area (Å²) in [5, 5.41) is 4.28. The molecule has 3 nitrogen and oxygen atoms in total. The van der Waals surface area contributed by atoms with E-state index in [2.05, 4.69) is 53.4 Å². The Balaban J connectivity index is 2.02. The zero-order chi connectivity index (χ0) is 13.5. The lowest BCUT2D eigenvalue weighted by Crippen LogP contribution is -2.05. The van der Waals surface area contributed by atoms with Crippen molar-refractivity contribution >= 4 is 17.7 Å². The van der Waals surface area contributed by atoms with Crippen molar-refractivity contribution in [2.45, 2.75) is 31.0 Å². The average molecular weight is 273 g/mol. The van der Waals surface area contributed by atoms with Gasteiger partial charge in [-0.05, 0) is 24.5 Å². The van der Waals surface area contributed by atoms with Gasteiger partial charge in [-0.25, -0.2) is 9.97 Å². The van der Waals surface area contributed by atoms with Crippen molar-refractivity contribution in [3.8, 4) is 0 Å². The van der Waals surface area contributed by atoms with Crippen LogP contribution in [0.4, 0.5) is 5.95 Å². The van der Waals surface area contributed by atoms with Crippen LogP contribution in [0.1, 0.15) is 24.5 Å². The Morgan fingerprint density at radius 2 is 2.00 bits per heavy atom. The summed E-state index contributed by atoms with van der Waals surface area (Å²) in [6.45, 7) is 5.09. The lowest BCUT2D eigenvalue weighted by molar-refractivity contribution is 0.925. The van der Waals surface area contributed by atoms with Crippen LogP contribution in [0, 0.1) is 6.92 Å². The zero-order valence-corrected chi connectivity index (χ0v) is 12.2. The predicted octanol–water partition coefficient (Wildman–Crippen LogP) is 3.90. The van der Waals surface area contributed by atoms with Gasteiger partial charge in [-0.2, -0.15) is 0 Å². The lowest BCUT2D eigenvalue weighted by atomic mass is 10.2. The first kappa shape index (κ1) is 13.9. The molecule has 2 aromatic rings. The minimum Gasteiger partial charge on any atom is -0.354 e. The van der Waals surface area contributed by atoms with E-state index in [0.29, 0.717) is 0 Å². The van der Waals surface area contributed by atoms with Gasteiger partial charge in [-0.1, -0.05) is 37.3 Å². The van der Waals surface area contributed by atoms with Crippen molar-refractivity contribution in [2.24, 2.45) is 0 Å². The first-order valence-electron chi connectivity index (χ1n) is 6.54. The minimum absolute atomic E-state index is 0.725. The van der Waals surface area contributed by atoms with Gasteiger partial charge in [0.25, 0.3) is 0 Å². The van der Waals surface area contributed by atoms with Crippen LogP contribution in [0.2, 0.25) is 0 Å². The summed E-state index contributed by atoms with van der Waals surface area (Å²) in [5.41, 5.74) is 2.44. The van der Waals surface area contributed by atoms with Gasteiger partial charge < -0.3 is 5.32 Å². The standard InChI is InChI=1S/C15H19N3S/c1-3-9-16-15-17-10-12(2)14(18-15)19-11-13-7-5-4-6-8-13/h4-8,10H,3,9,11H2,1-2H3,(H,16,17,18). The third kappa shape index (κ3) is 4.24. The summed E-state index contributed by atoms with van der Waals surface area (Å²) >= 11 is 1.76. The number of rotatable bonds is 6. The van der Waals surface area contributed by atoms with Crippen molar-refractivity contribution < 1.29 is 0 Å². The van der Waals surface area contributed by atoms with E-state index in [0.717, 1.165) is 35.3 Å². The van der Waals surface area contributed by atoms with Crippen molar-refractivity contribution in [3.05, 3.63) is 47.7 Å². The van der Waals surface area contributed by atoms with Gasteiger partial charge in [0.1, 0.15) is 5.03 Å². The van der Waals surface area contributed by atoms with Gasteiger partial charge in [0.05, 0.1) is 0 Å². The zero-order valence-electron chi connectivity index (χ0n) is 11.4. The molecule has 0 radical (unpaired) electrons. The van der Waals surface area contributed by atoms with Gasteiger partial charge in [0.2, 0.25) is 5.95 Å². The molecular weight excluding hydrogens is 254 g/mol. The fourth-order valence-corrected chi connectivity index (χ4v) is 2.55. The molecule has 4 heteroatoms. The quantitative estimate of drug-likeness (QED) is 0.640. The first-order valence-corrected chi connectivity index (χ1v) is 7.52. The van der Waals surface area contributed by atoms with Crippen molar-refractivity contribution in [2.75, 3.05) is 11.9 Å². The Morgan fingerprint density at radius 1 is 1.21 bits per heavy atom. The number of aromatic nitrogens is 2. The number of benzene rings is 1. The molecule has 1 heterocycles. The molecule has 2 rings (SSSR count). The van der Waals surface area contributed by atoms with E-state index < -0.39 is 0 Å². The molecule has 0 fully saturated rings. The SMILES string of the molecule is CCCNc1ncc(C)c(SCc2ccccc2)n1. The molecule has 0 amide bonds. The summed E-state index contributed by atoms with van der Waals surface area (Å²) < 4.78 is 0. The van der Waals surface area contributed by atoms with Gasteiger partial charge in [0, 0.05) is 18.5 Å². The Labute approximate surface area is 118 Å². The normalized spacial score (nSPS) is 10.4. The van der Waals surface area contributed by atoms with Crippen LogP contribution in [0.3, 0.4) is 0 Å². The van der Waals surface area contributed by atoms with E-state index in [4.69, 9.17) is 0 Å². The van der Waals surface area contributed by atoms with E-state index in [9.17, 15) is 0 Å². The molecule has 0 saturated heterocycles. The molecule has 1 aromatic carbocycles. The molecule has 0 bridgehead atoms. The third-order valence-electron chi connectivity index (χ3n) is 2.68. The number of hydrogen-bond acceptors (Lipinski definition) is 4. The average Bonchev–Trinajstić information content (AvgIpc) is 2.46. The molecule has 19 heavy (non-hydrogen) atoms. The second-order valence-electron chi connectivity index (χ2n) is 4.38. The number of nitrogens with zero attached hydrogens (tertiary/aromatic N) is 2. The molecule has 1 N–H and O–H groups in total. The molecule has 0 saturated carbocycles. The van der Waals surface area contributed by atoms with Gasteiger partial charge in [-0.3, -0.25) is 0 Å². The molecular formula is C15H19N3S. The number of aryl methyl sites for hydroxylation is 1. The summed E-state index contributed by atoms with van der Waals surface area (Å²) in [5.74, 6) is 1.66. The molecule has 0 atom stereocenters. The second-order valence-corrected chi connectivity index (χ2v) is 5.35. The fourth-order valence-electron chi connectivity index (χ4n) is 1.62. The van der Waals surface area contributed by atoms with Crippen LogP contribution in [0.25, 0.3) is 0 Å². The maximum absolute atomic E-state index is 4.57. The van der Waals surface area contributed by atoms with Crippen LogP contribution in [-0.4, -0.2) is 16.5 Å². The topological polar surface area (TPSA) is 37.8 Å². The van der Waals surface area contributed by atoms with E-state index in [1.54, 1.807) is 11.8 Å². The summed E-state index contributed by atoms with van der Waals surface area (Å²) in [7, 11) is 0. The smallest absolute Gasteiger partial charge is 0.223 e. The molecule has 0 unspecified atom stereocenters. The third-order valence-corrected chi connectivity index (χ3v) is 3.84. The van der Waals surface area contributed by atoms with Crippen molar-refractivity contribution in [1.82, 2.24) is 9.97 Å². The Hall–Kier alpha value is -1.55. The first-order chi connectivity index (χ1) is 9.29. The van der Waals surface area contributed by atoms with Crippen LogP contribution >= 0.6 is 11.8 Å². The molecule has 0 aliphatic rings. The van der Waals surface area contributed by atoms with Crippen molar-refractivity contribution in [1.29, 1.82) is 0 Å². The van der Waals surface area contributed by atoms with Crippen LogP contribution in [0.5, 0.6) is 0 Å². The van der Waals surface area contributed by atoms with E-state index in [-0.39, 0.29) is 0 Å². The lowest BCUT2D eigenvalue weighted by Gasteiger charge is -2.08. The molecule has 0 aliphatic heterocycles. The number of hydrogen-bond donors (Lipinski definition) is 1. The van der Waals surface area contributed by atoms with Crippen LogP contribution in [-0.2, 0) is 5.75 Å². The highest BCUT2D eigenvalue weighted by atomic mass is 32.2. The largest absolute Gasteiger partial charge is 0.354 e. The molecule has 100 valence electrons. The Bertz CT molecular complexity index is 514. The molecule has 1 aromatic heterocycles. The maximum Gasteiger partial charge on any atom is 0.223 e. The Kier molecular flexibility index (Phi) is 5.21. The van der Waals surface area contributed by atoms with E-state index in [1.165, 1.54) is 5.56 Å². The van der Waals surface area contributed by atoms with Gasteiger partial charge in [-0.15, -0.1) is 11.8 Å². The molecule has 0 spiro atoms. The highest BCUT2D eigenvalue weighted by molar-refractivity contribution is 7.98. The van der Waals surface area contributed by atoms with Crippen LogP contribution < -0.4 is 5.32 Å².